The van der Waals surface area contributed by atoms with Crippen LogP contribution in [0.1, 0.15) is 0 Å². The fraction of sp³-hybridized carbons (Fsp3) is 0.667. The van der Waals surface area contributed by atoms with E-state index in [1.807, 2.05) is 0 Å². The smallest absolute Gasteiger partial charge is 0.380 e. The lowest BCUT2D eigenvalue weighted by Gasteiger charge is -2.08. The van der Waals surface area contributed by atoms with Gasteiger partial charge in [0.05, 0.1) is 0 Å². The van der Waals surface area contributed by atoms with Crippen LogP contribution in [0.25, 0.3) is 0 Å². The average Bonchev–Trinajstić information content (AvgIpc) is 1.78. The highest BCUT2D eigenvalue weighted by molar-refractivity contribution is 7.85. The molecule has 0 aliphatic heterocycles. The zero-order valence-electron chi connectivity index (χ0n) is 6.47. The van der Waals surface area contributed by atoms with Crippen LogP contribution >= 0.6 is 7.82 Å². The van der Waals surface area contributed by atoms with Crippen molar-refractivity contribution in [1.29, 1.82) is 0 Å². The first kappa shape index (κ1) is 13.5. The minimum Gasteiger partial charge on any atom is -0.380 e. The Morgan fingerprint density at radius 1 is 1.43 bits per heavy atom. The average molecular weight is 250 g/mol. The van der Waals surface area contributed by atoms with Crippen molar-refractivity contribution in [3.63, 3.8) is 0 Å². The first-order chi connectivity index (χ1) is 6.01. The molecule has 0 saturated heterocycles. The molecule has 0 amide bonds. The Morgan fingerprint density at radius 2 is 1.86 bits per heavy atom. The third-order valence-corrected chi connectivity index (χ3v) is 2.00. The van der Waals surface area contributed by atoms with E-state index in [-0.39, 0.29) is 0 Å². The van der Waals surface area contributed by atoms with E-state index in [0.717, 1.165) is 0 Å². The van der Waals surface area contributed by atoms with E-state index >= 15 is 0 Å². The van der Waals surface area contributed by atoms with Crippen LogP contribution in [0.2, 0.25) is 0 Å². The van der Waals surface area contributed by atoms with Gasteiger partial charge in [-0.15, -0.1) is 0 Å². The van der Waals surface area contributed by atoms with Gasteiger partial charge in [-0.25, -0.2) is 9.36 Å². The van der Waals surface area contributed by atoms with Crippen LogP contribution in [0.4, 0.5) is 0 Å². The summed E-state index contributed by atoms with van der Waals surface area (Å²) in [6.45, 7) is 0. The van der Waals surface area contributed by atoms with E-state index in [2.05, 4.69) is 4.52 Å². The third-order valence-electron chi connectivity index (χ3n) is 0.849. The number of aliphatic hydroxyl groups is 1. The van der Waals surface area contributed by atoms with Gasteiger partial charge < -0.3 is 9.63 Å². The lowest BCUT2D eigenvalue weighted by atomic mass is 10.4. The van der Waals surface area contributed by atoms with Crippen LogP contribution < -0.4 is 0 Å². The summed E-state index contributed by atoms with van der Waals surface area (Å²) >= 11 is 0. The van der Waals surface area contributed by atoms with Gasteiger partial charge in [0.15, 0.2) is 6.10 Å². The molecule has 0 aliphatic rings. The molecule has 0 aromatic rings. The number of carbonyl (C=O) groups excluding carboxylic acids is 1. The van der Waals surface area contributed by atoms with E-state index in [0.29, 0.717) is 0 Å². The molecule has 1 atom stereocenters. The fourth-order valence-corrected chi connectivity index (χ4v) is 1.34. The van der Waals surface area contributed by atoms with E-state index in [9.17, 15) is 17.8 Å². The summed E-state index contributed by atoms with van der Waals surface area (Å²) in [7, 11) is -9.75. The number of carbonyl (C=O) groups is 1. The van der Waals surface area contributed by atoms with Gasteiger partial charge >= 0.3 is 13.8 Å². The van der Waals surface area contributed by atoms with Gasteiger partial charge in [0.25, 0.3) is 10.1 Å². The van der Waals surface area contributed by atoms with E-state index in [1.165, 1.54) is 0 Å². The number of aliphatic hydroxyl groups excluding tert-OH is 1. The van der Waals surface area contributed by atoms with Crippen LogP contribution in [0.3, 0.4) is 0 Å². The van der Waals surface area contributed by atoms with Gasteiger partial charge in [-0.1, -0.05) is 0 Å². The Morgan fingerprint density at radius 3 is 2.14 bits per heavy atom. The highest BCUT2D eigenvalue weighted by Gasteiger charge is 2.29. The maximum atomic E-state index is 10.5. The second-order valence-corrected chi connectivity index (χ2v) is 4.83. The van der Waals surface area contributed by atoms with Crippen molar-refractivity contribution in [2.75, 3.05) is 5.75 Å². The molecule has 0 aromatic heterocycles. The molecule has 0 rings (SSSR count). The maximum Gasteiger partial charge on any atom is 0.527 e. The van der Waals surface area contributed by atoms with Crippen molar-refractivity contribution in [2.24, 2.45) is 0 Å². The maximum absolute atomic E-state index is 10.5. The molecular formula is C3H7O9PS. The number of phosphoric ester groups is 1. The summed E-state index contributed by atoms with van der Waals surface area (Å²) in [5, 5.41) is 8.66. The molecule has 84 valence electrons. The van der Waals surface area contributed by atoms with Gasteiger partial charge in [-0.05, 0) is 0 Å². The molecule has 0 aromatic carbocycles. The predicted molar refractivity (Wildman–Crippen MR) is 40.6 cm³/mol. The van der Waals surface area contributed by atoms with Crippen LogP contribution in [-0.4, -0.2) is 45.7 Å². The quantitative estimate of drug-likeness (QED) is 0.323. The Hall–Kier alpha value is -0.510. The first-order valence-corrected chi connectivity index (χ1v) is 6.07. The monoisotopic (exact) mass is 250 g/mol. The molecule has 0 unspecified atom stereocenters. The highest BCUT2D eigenvalue weighted by Crippen LogP contribution is 2.36. The molecule has 9 nitrogen and oxygen atoms in total. The van der Waals surface area contributed by atoms with Crippen molar-refractivity contribution in [1.82, 2.24) is 0 Å². The van der Waals surface area contributed by atoms with Gasteiger partial charge in [0.2, 0.25) is 0 Å². The second kappa shape index (κ2) is 4.34. The Balaban J connectivity index is 4.36. The lowest BCUT2D eigenvalue weighted by Crippen LogP contribution is -2.30. The molecule has 0 heterocycles. The van der Waals surface area contributed by atoms with Crippen molar-refractivity contribution < 1.29 is 41.7 Å². The van der Waals surface area contributed by atoms with Gasteiger partial charge in [-0.2, -0.15) is 8.42 Å². The van der Waals surface area contributed by atoms with Gasteiger partial charge in [0, 0.05) is 0 Å². The summed E-state index contributed by atoms with van der Waals surface area (Å²) in [6.07, 6.45) is -2.35. The zero-order chi connectivity index (χ0) is 11.6. The SMILES string of the molecule is O=C(OP(=O)(O)O)[C@@H](O)CS(=O)(=O)O. The molecule has 0 saturated carbocycles. The summed E-state index contributed by atoms with van der Waals surface area (Å²) in [6, 6.07) is 0. The molecule has 0 bridgehead atoms. The fourth-order valence-electron chi connectivity index (χ4n) is 0.446. The van der Waals surface area contributed by atoms with E-state index < -0.39 is 35.8 Å². The van der Waals surface area contributed by atoms with Crippen LogP contribution in [0.5, 0.6) is 0 Å². The van der Waals surface area contributed by atoms with Crippen molar-refractivity contribution >= 4 is 23.9 Å². The molecule has 0 fully saturated rings. The van der Waals surface area contributed by atoms with Crippen LogP contribution in [-0.2, 0) is 24.0 Å². The molecule has 0 aliphatic carbocycles. The van der Waals surface area contributed by atoms with Crippen molar-refractivity contribution in [3.05, 3.63) is 0 Å². The summed E-state index contributed by atoms with van der Waals surface area (Å²) < 4.78 is 41.7. The summed E-state index contributed by atoms with van der Waals surface area (Å²) in [5.74, 6) is -3.23. The van der Waals surface area contributed by atoms with Crippen molar-refractivity contribution in [2.45, 2.75) is 6.10 Å². The molecular weight excluding hydrogens is 243 g/mol. The molecule has 0 spiro atoms. The van der Waals surface area contributed by atoms with Gasteiger partial charge in [0.1, 0.15) is 5.75 Å². The number of hydrogen-bond donors (Lipinski definition) is 4. The van der Waals surface area contributed by atoms with Crippen molar-refractivity contribution in [3.8, 4) is 0 Å². The van der Waals surface area contributed by atoms with E-state index in [4.69, 9.17) is 19.4 Å². The molecule has 4 N–H and O–H groups in total. The number of rotatable bonds is 4. The molecule has 11 heteroatoms. The molecule has 0 radical (unpaired) electrons. The Kier molecular flexibility index (Phi) is 4.18. The number of hydrogen-bond acceptors (Lipinski definition) is 6. The van der Waals surface area contributed by atoms with E-state index in [1.54, 1.807) is 0 Å². The summed E-state index contributed by atoms with van der Waals surface area (Å²) in [5.41, 5.74) is 0. The largest absolute Gasteiger partial charge is 0.527 e. The zero-order valence-corrected chi connectivity index (χ0v) is 8.18. The van der Waals surface area contributed by atoms with Gasteiger partial charge in [-0.3, -0.25) is 14.3 Å². The predicted octanol–water partition coefficient (Wildman–Crippen LogP) is -2.13. The van der Waals surface area contributed by atoms with Crippen LogP contribution in [0.15, 0.2) is 0 Å². The Bertz CT molecular complexity index is 350. The number of phosphoric acid groups is 1. The normalized spacial score (nSPS) is 14.9. The minimum atomic E-state index is -5.13. The highest BCUT2D eigenvalue weighted by atomic mass is 32.2. The topological polar surface area (TPSA) is 158 Å². The Labute approximate surface area is 78.3 Å². The second-order valence-electron chi connectivity index (χ2n) is 2.17. The standard InChI is InChI=1S/C3H7O9PS/c4-2(1-14(9,10)11)3(5)12-13(6,7)8/h2,4H,1H2,(H2,6,7,8)(H,9,10,11)/t2-/m0/s1. The summed E-state index contributed by atoms with van der Waals surface area (Å²) in [4.78, 5) is 26.7. The lowest BCUT2D eigenvalue weighted by molar-refractivity contribution is -0.143. The third kappa shape index (κ3) is 6.95. The molecule has 14 heavy (non-hydrogen) atoms. The first-order valence-electron chi connectivity index (χ1n) is 2.93. The van der Waals surface area contributed by atoms with Crippen LogP contribution in [0, 0.1) is 0 Å². The minimum absolute atomic E-state index is 1.40.